The van der Waals surface area contributed by atoms with Crippen LogP contribution in [0, 0.1) is 0 Å². The summed E-state index contributed by atoms with van der Waals surface area (Å²) < 4.78 is 0. The highest BCUT2D eigenvalue weighted by atomic mass is 16.4. The average molecular weight is 457 g/mol. The van der Waals surface area contributed by atoms with E-state index in [1.807, 2.05) is 0 Å². The van der Waals surface area contributed by atoms with Crippen LogP contribution in [-0.4, -0.2) is 36.2 Å². The van der Waals surface area contributed by atoms with Gasteiger partial charge in [-0.3, -0.25) is 4.98 Å². The van der Waals surface area contributed by atoms with Gasteiger partial charge in [0.2, 0.25) is 0 Å². The van der Waals surface area contributed by atoms with E-state index in [1.165, 1.54) is 66.0 Å². The number of nitrogens with zero attached hydrogens (tertiary/aromatic N) is 2. The lowest BCUT2D eigenvalue weighted by molar-refractivity contribution is 0.0697. The molecule has 176 valence electrons. The maximum Gasteiger partial charge on any atom is 0.337 e. The number of carbonyl (C=O) groups is 1. The molecular weight excluding hydrogens is 424 g/mol. The smallest absolute Gasteiger partial charge is 0.337 e. The molecule has 2 heterocycles. The van der Waals surface area contributed by atoms with E-state index in [1.54, 1.807) is 6.20 Å². The van der Waals surface area contributed by atoms with Crippen molar-refractivity contribution in [2.75, 3.05) is 30.4 Å². The summed E-state index contributed by atoms with van der Waals surface area (Å²) in [7, 11) is 2.13. The van der Waals surface area contributed by atoms with Gasteiger partial charge in [-0.05, 0) is 78.7 Å². The van der Waals surface area contributed by atoms with Gasteiger partial charge in [0.05, 0.1) is 17.4 Å². The summed E-state index contributed by atoms with van der Waals surface area (Å²) in [4.78, 5) is 17.8. The summed E-state index contributed by atoms with van der Waals surface area (Å²) in [6, 6.07) is 17.4. The van der Waals surface area contributed by atoms with Crippen LogP contribution in [0.4, 0.5) is 17.1 Å². The summed E-state index contributed by atoms with van der Waals surface area (Å²) in [5.74, 6) is -0.217. The molecule has 6 heteroatoms. The zero-order valence-corrected chi connectivity index (χ0v) is 19.6. The molecule has 0 amide bonds. The standard InChI is InChI=1S/C28H32N4O2/c1-32(22-8-6-20(7-9-22)19-4-2-3-5-19)23-10-11-24-21(16-23)12-15-30-27(24)18-31-26-17-29-14-13-25(26)28(33)34/h6-11,13-14,16-17,19,27,30-31H,2-5,12,15,18H2,1H3,(H,33,34). The molecule has 3 N–H and O–H groups in total. The topological polar surface area (TPSA) is 77.5 Å². The minimum Gasteiger partial charge on any atom is -0.478 e. The predicted octanol–water partition coefficient (Wildman–Crippen LogP) is 5.50. The Hall–Kier alpha value is -3.38. The first-order valence-corrected chi connectivity index (χ1v) is 12.2. The third kappa shape index (κ3) is 4.64. The van der Waals surface area contributed by atoms with Crippen molar-refractivity contribution in [2.24, 2.45) is 0 Å². The van der Waals surface area contributed by atoms with Gasteiger partial charge < -0.3 is 20.6 Å². The van der Waals surface area contributed by atoms with Crippen LogP contribution in [0.5, 0.6) is 0 Å². The SMILES string of the molecule is CN(c1ccc(C2CCCC2)cc1)c1ccc2c(c1)CCNC2CNc1cnccc1C(=O)O. The van der Waals surface area contributed by atoms with Crippen LogP contribution in [0.1, 0.15) is 64.7 Å². The summed E-state index contributed by atoms with van der Waals surface area (Å²) in [5.41, 5.74) is 7.23. The Morgan fingerprint density at radius 2 is 1.88 bits per heavy atom. The third-order valence-electron chi connectivity index (χ3n) is 7.33. The monoisotopic (exact) mass is 456 g/mol. The molecule has 0 bridgehead atoms. The highest BCUT2D eigenvalue weighted by Crippen LogP contribution is 2.36. The van der Waals surface area contributed by atoms with Crippen molar-refractivity contribution in [3.8, 4) is 0 Å². The number of hydrogen-bond donors (Lipinski definition) is 3. The number of nitrogens with one attached hydrogen (secondary N) is 2. The summed E-state index contributed by atoms with van der Waals surface area (Å²) in [5, 5.41) is 16.3. The summed E-state index contributed by atoms with van der Waals surface area (Å²) in [6.45, 7) is 1.48. The van der Waals surface area contributed by atoms with Gasteiger partial charge in [0, 0.05) is 37.2 Å². The molecule has 1 fully saturated rings. The van der Waals surface area contributed by atoms with Crippen molar-refractivity contribution in [2.45, 2.75) is 44.1 Å². The van der Waals surface area contributed by atoms with Crippen LogP contribution >= 0.6 is 0 Å². The number of pyridine rings is 1. The second-order valence-corrected chi connectivity index (χ2v) is 9.38. The lowest BCUT2D eigenvalue weighted by atomic mass is 9.93. The maximum absolute atomic E-state index is 11.5. The van der Waals surface area contributed by atoms with Gasteiger partial charge >= 0.3 is 5.97 Å². The second kappa shape index (κ2) is 9.85. The number of fused-ring (bicyclic) bond motifs is 1. The number of hydrogen-bond acceptors (Lipinski definition) is 5. The van der Waals surface area contributed by atoms with Crippen molar-refractivity contribution in [1.82, 2.24) is 10.3 Å². The zero-order chi connectivity index (χ0) is 23.5. The van der Waals surface area contributed by atoms with E-state index in [4.69, 9.17) is 0 Å². The average Bonchev–Trinajstić information content (AvgIpc) is 3.42. The quantitative estimate of drug-likeness (QED) is 0.436. The van der Waals surface area contributed by atoms with Crippen LogP contribution in [0.2, 0.25) is 0 Å². The number of rotatable bonds is 7. The highest BCUT2D eigenvalue weighted by molar-refractivity contribution is 5.93. The number of aromatic carboxylic acids is 1. The molecule has 1 aliphatic heterocycles. The number of anilines is 3. The molecule has 0 saturated heterocycles. The molecule has 1 aromatic heterocycles. The highest BCUT2D eigenvalue weighted by Gasteiger charge is 2.22. The van der Waals surface area contributed by atoms with E-state index in [0.717, 1.165) is 18.9 Å². The number of carboxylic acid groups (broad SMARTS) is 1. The van der Waals surface area contributed by atoms with E-state index < -0.39 is 5.97 Å². The van der Waals surface area contributed by atoms with Gasteiger partial charge in [-0.15, -0.1) is 0 Å². The van der Waals surface area contributed by atoms with Gasteiger partial charge in [0.25, 0.3) is 0 Å². The maximum atomic E-state index is 11.5. The van der Waals surface area contributed by atoms with Crippen molar-refractivity contribution < 1.29 is 9.90 Å². The van der Waals surface area contributed by atoms with E-state index in [2.05, 4.69) is 70.0 Å². The molecule has 3 aromatic rings. The molecule has 2 aliphatic rings. The Labute approximate surface area is 201 Å². The van der Waals surface area contributed by atoms with E-state index in [-0.39, 0.29) is 11.6 Å². The van der Waals surface area contributed by atoms with Crippen molar-refractivity contribution >= 4 is 23.0 Å². The number of benzene rings is 2. The molecular formula is C28H32N4O2. The van der Waals surface area contributed by atoms with Gasteiger partial charge in [-0.25, -0.2) is 4.79 Å². The molecule has 1 aliphatic carbocycles. The first-order chi connectivity index (χ1) is 16.6. The van der Waals surface area contributed by atoms with Crippen LogP contribution in [0.25, 0.3) is 0 Å². The van der Waals surface area contributed by atoms with Crippen molar-refractivity contribution in [3.63, 3.8) is 0 Å². The van der Waals surface area contributed by atoms with Crippen LogP contribution < -0.4 is 15.5 Å². The second-order valence-electron chi connectivity index (χ2n) is 9.38. The van der Waals surface area contributed by atoms with Crippen molar-refractivity contribution in [3.05, 3.63) is 83.2 Å². The van der Waals surface area contributed by atoms with Gasteiger partial charge in [0.1, 0.15) is 0 Å². The fraction of sp³-hybridized carbons (Fsp3) is 0.357. The van der Waals surface area contributed by atoms with E-state index in [9.17, 15) is 9.90 Å². The molecule has 6 nitrogen and oxygen atoms in total. The Morgan fingerprint density at radius 3 is 2.65 bits per heavy atom. The Morgan fingerprint density at radius 1 is 1.12 bits per heavy atom. The largest absolute Gasteiger partial charge is 0.478 e. The molecule has 2 aromatic carbocycles. The van der Waals surface area contributed by atoms with E-state index >= 15 is 0 Å². The molecule has 1 unspecified atom stereocenters. The van der Waals surface area contributed by atoms with Crippen LogP contribution in [0.15, 0.2) is 60.9 Å². The molecule has 1 saturated carbocycles. The lowest BCUT2D eigenvalue weighted by Crippen LogP contribution is -2.34. The van der Waals surface area contributed by atoms with Gasteiger partial charge in [-0.1, -0.05) is 31.0 Å². The lowest BCUT2D eigenvalue weighted by Gasteiger charge is -2.29. The minimum absolute atomic E-state index is 0.107. The zero-order valence-electron chi connectivity index (χ0n) is 19.6. The Balaban J connectivity index is 1.30. The van der Waals surface area contributed by atoms with E-state index in [0.29, 0.717) is 12.2 Å². The molecule has 34 heavy (non-hydrogen) atoms. The Kier molecular flexibility index (Phi) is 6.50. The normalized spacial score (nSPS) is 17.9. The first kappa shape index (κ1) is 22.4. The van der Waals surface area contributed by atoms with Gasteiger partial charge in [-0.2, -0.15) is 0 Å². The Bertz CT molecular complexity index is 1160. The van der Waals surface area contributed by atoms with Crippen LogP contribution in [-0.2, 0) is 6.42 Å². The predicted molar refractivity (Wildman–Crippen MR) is 136 cm³/mol. The fourth-order valence-electron chi connectivity index (χ4n) is 5.34. The number of carboxylic acids is 1. The number of aromatic nitrogens is 1. The minimum atomic E-state index is -0.953. The van der Waals surface area contributed by atoms with Crippen LogP contribution in [0.3, 0.4) is 0 Å². The molecule has 1 atom stereocenters. The van der Waals surface area contributed by atoms with Crippen molar-refractivity contribution in [1.29, 1.82) is 0 Å². The fourth-order valence-corrected chi connectivity index (χ4v) is 5.34. The molecule has 0 radical (unpaired) electrons. The third-order valence-corrected chi connectivity index (χ3v) is 7.33. The molecule has 5 rings (SSSR count). The first-order valence-electron chi connectivity index (χ1n) is 12.2. The molecule has 0 spiro atoms. The summed E-state index contributed by atoms with van der Waals surface area (Å²) in [6.07, 6.45) is 9.41. The summed E-state index contributed by atoms with van der Waals surface area (Å²) >= 11 is 0. The van der Waals surface area contributed by atoms with Gasteiger partial charge in [0.15, 0.2) is 0 Å².